The third-order valence-corrected chi connectivity index (χ3v) is 8.60. The molecule has 6 nitrogen and oxygen atoms in total. The molecule has 0 aromatic rings. The van der Waals surface area contributed by atoms with Crippen LogP contribution in [0.15, 0.2) is 0 Å². The Morgan fingerprint density at radius 3 is 2.00 bits per heavy atom. The van der Waals surface area contributed by atoms with Crippen LogP contribution >= 0.6 is 0 Å². The van der Waals surface area contributed by atoms with Crippen LogP contribution in [0.3, 0.4) is 0 Å². The lowest BCUT2D eigenvalue weighted by Gasteiger charge is -2.41. The van der Waals surface area contributed by atoms with E-state index in [9.17, 15) is 20.4 Å². The minimum Gasteiger partial charge on any atom is -0.414 e. The van der Waals surface area contributed by atoms with Crippen LogP contribution in [-0.4, -0.2) is 66.1 Å². The van der Waals surface area contributed by atoms with Gasteiger partial charge in [-0.1, -0.05) is 20.8 Å². The Kier molecular flexibility index (Phi) is 5.17. The van der Waals surface area contributed by atoms with E-state index in [1.807, 2.05) is 0 Å². The third kappa shape index (κ3) is 3.75. The van der Waals surface area contributed by atoms with Crippen LogP contribution in [-0.2, 0) is 9.16 Å². The number of aliphatic hydroxyl groups excluding tert-OH is 4. The van der Waals surface area contributed by atoms with E-state index < -0.39 is 39.0 Å². The largest absolute Gasteiger partial charge is 0.414 e. The zero-order valence-electron chi connectivity index (χ0n) is 12.2. The summed E-state index contributed by atoms with van der Waals surface area (Å²) < 4.78 is 11.0. The molecule has 1 heterocycles. The summed E-state index contributed by atoms with van der Waals surface area (Å²) in [5.74, 6) is 0. The monoisotopic (exact) mass is 294 g/mol. The van der Waals surface area contributed by atoms with E-state index >= 15 is 0 Å². The Labute approximate surface area is 115 Å². The Bertz CT molecular complexity index is 303. The first kappa shape index (κ1) is 17.0. The molecule has 5 unspecified atom stereocenters. The molecular weight excluding hydrogens is 268 g/mol. The smallest absolute Gasteiger partial charge is 0.192 e. The zero-order valence-corrected chi connectivity index (χ0v) is 13.2. The molecule has 1 rings (SSSR count). The minimum atomic E-state index is -2.00. The van der Waals surface area contributed by atoms with Gasteiger partial charge in [0.25, 0.3) is 0 Å². The molecule has 0 saturated carbocycles. The molecule has 7 heteroatoms. The summed E-state index contributed by atoms with van der Waals surface area (Å²) in [5, 5.41) is 38.2. The quantitative estimate of drug-likeness (QED) is 0.538. The van der Waals surface area contributed by atoms with Crippen molar-refractivity contribution in [3.63, 3.8) is 0 Å². The van der Waals surface area contributed by atoms with Crippen LogP contribution in [0.5, 0.6) is 0 Å². The van der Waals surface area contributed by atoms with E-state index in [4.69, 9.17) is 9.16 Å². The second kappa shape index (κ2) is 5.77. The van der Waals surface area contributed by atoms with Crippen molar-refractivity contribution < 1.29 is 29.6 Å². The highest BCUT2D eigenvalue weighted by molar-refractivity contribution is 6.74. The SMILES string of the molecule is CC(C)(C)[Si](C)(C)OCC1OC(O)C(O)C(O)C1O. The standard InChI is InChI=1S/C12H26O6Si/c1-12(2,3)19(4,5)17-6-7-8(13)9(14)10(15)11(16)18-7/h7-11,13-16H,6H2,1-5H3. The van der Waals surface area contributed by atoms with Crippen LogP contribution < -0.4 is 0 Å². The molecule has 0 amide bonds. The summed E-state index contributed by atoms with van der Waals surface area (Å²) in [6, 6.07) is 0. The highest BCUT2D eigenvalue weighted by Crippen LogP contribution is 2.37. The van der Waals surface area contributed by atoms with Gasteiger partial charge in [0.2, 0.25) is 0 Å². The molecule has 5 atom stereocenters. The Morgan fingerprint density at radius 2 is 1.53 bits per heavy atom. The molecule has 0 radical (unpaired) electrons. The van der Waals surface area contributed by atoms with E-state index in [0.717, 1.165) is 0 Å². The van der Waals surface area contributed by atoms with Gasteiger partial charge in [0, 0.05) is 0 Å². The Hall–Kier alpha value is -0.0231. The first-order valence-corrected chi connectivity index (χ1v) is 9.40. The van der Waals surface area contributed by atoms with Gasteiger partial charge in [-0.05, 0) is 18.1 Å². The fraction of sp³-hybridized carbons (Fsp3) is 1.00. The van der Waals surface area contributed by atoms with Gasteiger partial charge >= 0.3 is 0 Å². The second-order valence-corrected chi connectivity index (χ2v) is 11.4. The highest BCUT2D eigenvalue weighted by Gasteiger charge is 2.45. The molecule has 0 aromatic carbocycles. The number of rotatable bonds is 3. The van der Waals surface area contributed by atoms with Crippen LogP contribution in [0.1, 0.15) is 20.8 Å². The summed E-state index contributed by atoms with van der Waals surface area (Å²) in [6.07, 6.45) is -6.56. The van der Waals surface area contributed by atoms with Crippen molar-refractivity contribution in [2.24, 2.45) is 0 Å². The van der Waals surface area contributed by atoms with Crippen LogP contribution in [0.25, 0.3) is 0 Å². The van der Waals surface area contributed by atoms with Gasteiger partial charge in [-0.2, -0.15) is 0 Å². The molecule has 0 aliphatic carbocycles. The average molecular weight is 294 g/mol. The number of hydrogen-bond acceptors (Lipinski definition) is 6. The van der Waals surface area contributed by atoms with E-state index in [2.05, 4.69) is 33.9 Å². The molecule has 19 heavy (non-hydrogen) atoms. The van der Waals surface area contributed by atoms with Gasteiger partial charge < -0.3 is 29.6 Å². The van der Waals surface area contributed by atoms with Gasteiger partial charge in [0.15, 0.2) is 14.6 Å². The van der Waals surface area contributed by atoms with Gasteiger partial charge in [-0.3, -0.25) is 0 Å². The number of ether oxygens (including phenoxy) is 1. The summed E-state index contributed by atoms with van der Waals surface area (Å²) >= 11 is 0. The third-order valence-electron chi connectivity index (χ3n) is 4.10. The molecule has 114 valence electrons. The fourth-order valence-electron chi connectivity index (χ4n) is 1.58. The fourth-order valence-corrected chi connectivity index (χ4v) is 2.59. The molecule has 1 saturated heterocycles. The van der Waals surface area contributed by atoms with E-state index in [0.29, 0.717) is 0 Å². The molecule has 1 fully saturated rings. The Balaban J connectivity index is 2.63. The van der Waals surface area contributed by atoms with Crippen molar-refractivity contribution >= 4 is 8.32 Å². The lowest BCUT2D eigenvalue weighted by atomic mass is 10.00. The van der Waals surface area contributed by atoms with Crippen LogP contribution in [0, 0.1) is 0 Å². The first-order chi connectivity index (χ1) is 8.47. The summed E-state index contributed by atoms with van der Waals surface area (Å²) in [5.41, 5.74) is 0. The maximum absolute atomic E-state index is 9.81. The van der Waals surface area contributed by atoms with Gasteiger partial charge in [0.05, 0.1) is 6.61 Å². The van der Waals surface area contributed by atoms with Crippen molar-refractivity contribution in [2.75, 3.05) is 6.61 Å². The number of aliphatic hydroxyl groups is 4. The van der Waals surface area contributed by atoms with Gasteiger partial charge in [-0.25, -0.2) is 0 Å². The van der Waals surface area contributed by atoms with Gasteiger partial charge in [0.1, 0.15) is 24.4 Å². The van der Waals surface area contributed by atoms with E-state index in [1.54, 1.807) is 0 Å². The molecule has 4 N–H and O–H groups in total. The van der Waals surface area contributed by atoms with Crippen molar-refractivity contribution in [1.82, 2.24) is 0 Å². The van der Waals surface area contributed by atoms with Crippen LogP contribution in [0.4, 0.5) is 0 Å². The Morgan fingerprint density at radius 1 is 1.00 bits per heavy atom. The van der Waals surface area contributed by atoms with Gasteiger partial charge in [-0.15, -0.1) is 0 Å². The summed E-state index contributed by atoms with van der Waals surface area (Å²) in [4.78, 5) is 0. The molecule has 0 spiro atoms. The first-order valence-electron chi connectivity index (χ1n) is 6.49. The van der Waals surface area contributed by atoms with Crippen molar-refractivity contribution in [3.8, 4) is 0 Å². The topological polar surface area (TPSA) is 99.4 Å². The minimum absolute atomic E-state index is 0.0172. The summed E-state index contributed by atoms with van der Waals surface area (Å²) in [6.45, 7) is 10.5. The van der Waals surface area contributed by atoms with E-state index in [1.165, 1.54) is 0 Å². The lowest BCUT2D eigenvalue weighted by molar-refractivity contribution is -0.285. The predicted molar refractivity (Wildman–Crippen MR) is 72.0 cm³/mol. The molecule has 0 aromatic heterocycles. The summed E-state index contributed by atoms with van der Waals surface area (Å²) in [7, 11) is -2.00. The molecule has 1 aliphatic heterocycles. The predicted octanol–water partition coefficient (Wildman–Crippen LogP) is -0.192. The number of hydrogen-bond donors (Lipinski definition) is 4. The molecule has 1 aliphatic rings. The van der Waals surface area contributed by atoms with Crippen LogP contribution in [0.2, 0.25) is 18.1 Å². The zero-order chi connectivity index (χ0) is 15.0. The second-order valence-electron chi connectivity index (χ2n) is 6.61. The molecular formula is C12H26O6Si. The van der Waals surface area contributed by atoms with E-state index in [-0.39, 0.29) is 11.6 Å². The lowest BCUT2D eigenvalue weighted by Crippen LogP contribution is -2.59. The maximum Gasteiger partial charge on any atom is 0.192 e. The maximum atomic E-state index is 9.81. The highest BCUT2D eigenvalue weighted by atomic mass is 28.4. The van der Waals surface area contributed by atoms with Crippen molar-refractivity contribution in [1.29, 1.82) is 0 Å². The molecule has 0 bridgehead atoms. The van der Waals surface area contributed by atoms with Crippen molar-refractivity contribution in [3.05, 3.63) is 0 Å². The van der Waals surface area contributed by atoms with Crippen molar-refractivity contribution in [2.45, 2.75) is 69.6 Å². The average Bonchev–Trinajstić information content (AvgIpc) is 2.28. The normalized spacial score (nSPS) is 37.4.